The SMILES string of the molecule is O=C(NCc1ccn(C2=CC3=C(CC2)CCC2=C3N(O)CC=N2)c1)c1ccccc1. The second-order valence-electron chi connectivity index (χ2n) is 7.82. The lowest BCUT2D eigenvalue weighted by Crippen LogP contribution is -2.29. The molecule has 2 aliphatic carbocycles. The van der Waals surface area contributed by atoms with Gasteiger partial charge >= 0.3 is 0 Å². The van der Waals surface area contributed by atoms with E-state index in [1.54, 1.807) is 6.21 Å². The van der Waals surface area contributed by atoms with Crippen molar-refractivity contribution in [3.8, 4) is 0 Å². The van der Waals surface area contributed by atoms with Crippen LogP contribution in [0.2, 0.25) is 0 Å². The van der Waals surface area contributed by atoms with Gasteiger partial charge in [0.15, 0.2) is 0 Å². The highest BCUT2D eigenvalue weighted by Crippen LogP contribution is 2.41. The van der Waals surface area contributed by atoms with E-state index in [9.17, 15) is 10.0 Å². The third-order valence-electron chi connectivity index (χ3n) is 5.90. The molecule has 152 valence electrons. The van der Waals surface area contributed by atoms with Crippen LogP contribution < -0.4 is 5.32 Å². The van der Waals surface area contributed by atoms with E-state index in [0.29, 0.717) is 18.7 Å². The van der Waals surface area contributed by atoms with Crippen molar-refractivity contribution in [1.82, 2.24) is 14.9 Å². The summed E-state index contributed by atoms with van der Waals surface area (Å²) in [7, 11) is 0. The van der Waals surface area contributed by atoms with Crippen LogP contribution in [-0.4, -0.2) is 33.5 Å². The number of hydroxylamine groups is 2. The minimum absolute atomic E-state index is 0.0717. The highest BCUT2D eigenvalue weighted by molar-refractivity contribution is 5.94. The van der Waals surface area contributed by atoms with Gasteiger partial charge in [0.2, 0.25) is 0 Å². The minimum atomic E-state index is -0.0717. The van der Waals surface area contributed by atoms with E-state index in [1.165, 1.54) is 16.3 Å². The molecule has 5 rings (SSSR count). The first-order valence-corrected chi connectivity index (χ1v) is 10.3. The molecule has 0 fully saturated rings. The summed E-state index contributed by atoms with van der Waals surface area (Å²) in [5.74, 6) is -0.0717. The number of carbonyl (C=O) groups excluding carboxylic acids is 1. The van der Waals surface area contributed by atoms with Gasteiger partial charge in [-0.15, -0.1) is 0 Å². The summed E-state index contributed by atoms with van der Waals surface area (Å²) in [6.07, 6.45) is 11.9. The summed E-state index contributed by atoms with van der Waals surface area (Å²) in [6, 6.07) is 11.3. The molecule has 6 heteroatoms. The van der Waals surface area contributed by atoms with Crippen molar-refractivity contribution in [3.05, 3.63) is 88.5 Å². The van der Waals surface area contributed by atoms with Crippen molar-refractivity contribution in [1.29, 1.82) is 0 Å². The predicted molar refractivity (Wildman–Crippen MR) is 116 cm³/mol. The number of nitrogens with one attached hydrogen (secondary N) is 1. The van der Waals surface area contributed by atoms with Crippen molar-refractivity contribution in [2.45, 2.75) is 32.2 Å². The van der Waals surface area contributed by atoms with E-state index in [4.69, 9.17) is 0 Å². The second-order valence-corrected chi connectivity index (χ2v) is 7.82. The average molecular weight is 400 g/mol. The van der Waals surface area contributed by atoms with Gasteiger partial charge < -0.3 is 9.88 Å². The van der Waals surface area contributed by atoms with Crippen molar-refractivity contribution >= 4 is 17.8 Å². The summed E-state index contributed by atoms with van der Waals surface area (Å²) >= 11 is 0. The number of nitrogens with zero attached hydrogens (tertiary/aromatic N) is 3. The fourth-order valence-electron chi connectivity index (χ4n) is 4.33. The normalized spacial score (nSPS) is 18.2. The van der Waals surface area contributed by atoms with Crippen LogP contribution in [0.5, 0.6) is 0 Å². The molecule has 30 heavy (non-hydrogen) atoms. The zero-order valence-corrected chi connectivity index (χ0v) is 16.7. The largest absolute Gasteiger partial charge is 0.348 e. The molecule has 6 nitrogen and oxygen atoms in total. The van der Waals surface area contributed by atoms with Crippen LogP contribution in [-0.2, 0) is 6.54 Å². The van der Waals surface area contributed by atoms with E-state index in [0.717, 1.165) is 48.2 Å². The van der Waals surface area contributed by atoms with Gasteiger partial charge in [0.05, 0.1) is 17.9 Å². The Labute approximate surface area is 175 Å². The monoisotopic (exact) mass is 400 g/mol. The number of hydrogen-bond donors (Lipinski definition) is 2. The quantitative estimate of drug-likeness (QED) is 0.811. The molecule has 0 spiro atoms. The summed E-state index contributed by atoms with van der Waals surface area (Å²) in [5, 5.41) is 14.7. The maximum absolute atomic E-state index is 12.3. The smallest absolute Gasteiger partial charge is 0.251 e. The molecule has 0 bridgehead atoms. The van der Waals surface area contributed by atoms with Crippen molar-refractivity contribution in [2.24, 2.45) is 4.99 Å². The number of hydrogen-bond acceptors (Lipinski definition) is 4. The van der Waals surface area contributed by atoms with Crippen LogP contribution in [0.25, 0.3) is 5.70 Å². The third-order valence-corrected chi connectivity index (χ3v) is 5.90. The van der Waals surface area contributed by atoms with Crippen LogP contribution in [0.1, 0.15) is 41.6 Å². The summed E-state index contributed by atoms with van der Waals surface area (Å²) in [6.45, 7) is 0.907. The Kier molecular flexibility index (Phi) is 4.85. The van der Waals surface area contributed by atoms with Crippen LogP contribution >= 0.6 is 0 Å². The lowest BCUT2D eigenvalue weighted by molar-refractivity contribution is -0.0392. The molecule has 1 aliphatic heterocycles. The van der Waals surface area contributed by atoms with E-state index in [2.05, 4.69) is 27.1 Å². The van der Waals surface area contributed by atoms with Gasteiger partial charge in [-0.1, -0.05) is 23.8 Å². The molecular weight excluding hydrogens is 376 g/mol. The van der Waals surface area contributed by atoms with Crippen LogP contribution in [0.4, 0.5) is 0 Å². The molecule has 1 aromatic heterocycles. The highest BCUT2D eigenvalue weighted by Gasteiger charge is 2.28. The molecule has 3 aliphatic rings. The van der Waals surface area contributed by atoms with Gasteiger partial charge in [0, 0.05) is 42.0 Å². The number of fused-ring (bicyclic) bond motifs is 1. The molecule has 1 aromatic carbocycles. The van der Waals surface area contributed by atoms with Crippen LogP contribution in [0, 0.1) is 0 Å². The fraction of sp³-hybridized carbons (Fsp3) is 0.250. The molecule has 0 saturated heterocycles. The molecular formula is C24H24N4O2. The van der Waals surface area contributed by atoms with Gasteiger partial charge in [0.25, 0.3) is 5.91 Å². The van der Waals surface area contributed by atoms with Gasteiger partial charge in [-0.2, -0.15) is 0 Å². The molecule has 2 N–H and O–H groups in total. The Balaban J connectivity index is 1.33. The Morgan fingerprint density at radius 2 is 1.93 bits per heavy atom. The highest BCUT2D eigenvalue weighted by atomic mass is 16.5. The summed E-state index contributed by atoms with van der Waals surface area (Å²) in [5.41, 5.74) is 7.24. The first kappa shape index (κ1) is 18.6. The number of rotatable bonds is 4. The molecule has 2 aromatic rings. The zero-order valence-electron chi connectivity index (χ0n) is 16.7. The number of benzene rings is 1. The first-order chi connectivity index (χ1) is 14.7. The van der Waals surface area contributed by atoms with Crippen LogP contribution in [0.15, 0.2) is 82.4 Å². The van der Waals surface area contributed by atoms with Gasteiger partial charge in [-0.05, 0) is 55.5 Å². The third kappa shape index (κ3) is 3.50. The van der Waals surface area contributed by atoms with E-state index in [-0.39, 0.29) is 5.91 Å². The maximum atomic E-state index is 12.3. The molecule has 0 radical (unpaired) electrons. The topological polar surface area (TPSA) is 69.9 Å². The minimum Gasteiger partial charge on any atom is -0.348 e. The Hall–Kier alpha value is -3.38. The summed E-state index contributed by atoms with van der Waals surface area (Å²) < 4.78 is 2.12. The Bertz CT molecular complexity index is 1110. The van der Waals surface area contributed by atoms with E-state index in [1.807, 2.05) is 42.6 Å². The number of aromatic nitrogens is 1. The summed E-state index contributed by atoms with van der Waals surface area (Å²) in [4.78, 5) is 16.8. The number of amides is 1. The standard InChI is InChI=1S/C24H24N4O2/c29-24(19-4-2-1-3-5-19)26-15-17-10-12-27(16-17)20-8-6-18-7-9-22-23(21(18)14-20)28(30)13-11-25-22/h1-5,10-12,14,16,30H,6-9,13,15H2,(H,26,29). The average Bonchev–Trinajstić information content (AvgIpc) is 3.26. The molecule has 0 atom stereocenters. The first-order valence-electron chi connectivity index (χ1n) is 10.3. The fourth-order valence-corrected chi connectivity index (χ4v) is 4.33. The van der Waals surface area contributed by atoms with Gasteiger partial charge in [-0.3, -0.25) is 15.0 Å². The zero-order chi connectivity index (χ0) is 20.5. The number of aliphatic imine (C=N–C) groups is 1. The molecule has 2 heterocycles. The second kappa shape index (κ2) is 7.80. The van der Waals surface area contributed by atoms with Gasteiger partial charge in [-0.25, -0.2) is 5.06 Å². The number of carbonyl (C=O) groups is 1. The van der Waals surface area contributed by atoms with Crippen molar-refractivity contribution in [3.63, 3.8) is 0 Å². The maximum Gasteiger partial charge on any atom is 0.251 e. The molecule has 0 saturated carbocycles. The molecule has 0 unspecified atom stereocenters. The lowest BCUT2D eigenvalue weighted by atomic mass is 9.85. The van der Waals surface area contributed by atoms with E-state index < -0.39 is 0 Å². The predicted octanol–water partition coefficient (Wildman–Crippen LogP) is 4.13. The van der Waals surface area contributed by atoms with Crippen molar-refractivity contribution < 1.29 is 10.0 Å². The Morgan fingerprint density at radius 1 is 1.10 bits per heavy atom. The van der Waals surface area contributed by atoms with Crippen LogP contribution in [0.3, 0.4) is 0 Å². The van der Waals surface area contributed by atoms with Crippen molar-refractivity contribution in [2.75, 3.05) is 6.54 Å². The van der Waals surface area contributed by atoms with Gasteiger partial charge in [0.1, 0.15) is 0 Å². The molecule has 1 amide bonds. The Morgan fingerprint density at radius 3 is 2.80 bits per heavy atom. The number of allylic oxidation sites excluding steroid dienone is 4. The van der Waals surface area contributed by atoms with E-state index >= 15 is 0 Å². The lowest BCUT2D eigenvalue weighted by Gasteiger charge is -2.33.